The highest BCUT2D eigenvalue weighted by Crippen LogP contribution is 2.11. The zero-order valence-electron chi connectivity index (χ0n) is 6.20. The molecule has 1 heterocycles. The van der Waals surface area contributed by atoms with E-state index in [2.05, 4.69) is 16.5 Å². The fraction of sp³-hybridized carbons (Fsp3) is 0. The molecule has 1 aromatic heterocycles. The Morgan fingerprint density at radius 1 is 1.67 bits per heavy atom. The van der Waals surface area contributed by atoms with E-state index in [1.807, 2.05) is 0 Å². The van der Waals surface area contributed by atoms with Crippen LogP contribution in [0, 0.1) is 4.77 Å². The Hall–Kier alpha value is -1.49. The Labute approximate surface area is 74.1 Å². The van der Waals surface area contributed by atoms with Gasteiger partial charge in [0.15, 0.2) is 11.1 Å². The Bertz CT molecular complexity index is 383. The van der Waals surface area contributed by atoms with Gasteiger partial charge in [0.2, 0.25) is 0 Å². The molecule has 4 nitrogen and oxygen atoms in total. The minimum Gasteiger partial charge on any atom is -0.383 e. The fourth-order valence-corrected chi connectivity index (χ4v) is 1.03. The van der Waals surface area contributed by atoms with E-state index in [1.54, 1.807) is 0 Å². The minimum absolute atomic E-state index is 0.195. The van der Waals surface area contributed by atoms with Crippen LogP contribution in [0.1, 0.15) is 16.1 Å². The molecule has 0 amide bonds. The monoisotopic (exact) mass is 181 g/mol. The molecule has 0 fully saturated rings. The Balaban J connectivity index is 3.53. The maximum atomic E-state index is 10.5. The summed E-state index contributed by atoms with van der Waals surface area (Å²) >= 11 is 4.72. The van der Waals surface area contributed by atoms with Crippen LogP contribution in [0.3, 0.4) is 0 Å². The highest BCUT2D eigenvalue weighted by atomic mass is 32.1. The van der Waals surface area contributed by atoms with E-state index < -0.39 is 0 Å². The predicted molar refractivity (Wildman–Crippen MR) is 49.3 cm³/mol. The second-order valence-electron chi connectivity index (χ2n) is 2.08. The number of nitrogens with one attached hydrogen (secondary N) is 1. The van der Waals surface area contributed by atoms with Gasteiger partial charge in [0.25, 0.3) is 0 Å². The number of H-pyrrole nitrogens is 1. The van der Waals surface area contributed by atoms with Crippen molar-refractivity contribution in [1.29, 1.82) is 0 Å². The van der Waals surface area contributed by atoms with Crippen LogP contribution in [-0.4, -0.2) is 16.3 Å². The summed E-state index contributed by atoms with van der Waals surface area (Å²) in [6, 6.07) is 0. The van der Waals surface area contributed by atoms with Crippen LogP contribution in [0.5, 0.6) is 0 Å². The largest absolute Gasteiger partial charge is 0.383 e. The first-order valence-corrected chi connectivity index (χ1v) is 3.57. The molecule has 0 radical (unpaired) electrons. The highest BCUT2D eigenvalue weighted by molar-refractivity contribution is 7.71. The van der Waals surface area contributed by atoms with Crippen molar-refractivity contribution in [2.24, 2.45) is 0 Å². The maximum Gasteiger partial charge on any atom is 0.199 e. The molecule has 3 N–H and O–H groups in total. The molecule has 0 unspecified atom stereocenters. The summed E-state index contributed by atoms with van der Waals surface area (Å²) in [5.41, 5.74) is 6.27. The van der Waals surface area contributed by atoms with E-state index in [0.29, 0.717) is 17.5 Å². The van der Waals surface area contributed by atoms with Crippen LogP contribution in [0.15, 0.2) is 6.58 Å². The van der Waals surface area contributed by atoms with Crippen LogP contribution >= 0.6 is 12.2 Å². The number of rotatable bonds is 2. The van der Waals surface area contributed by atoms with E-state index >= 15 is 0 Å². The maximum absolute atomic E-state index is 10.5. The number of nitrogen functional groups attached to an aromatic ring is 1. The summed E-state index contributed by atoms with van der Waals surface area (Å²) in [5.74, 6) is 0.218. The highest BCUT2D eigenvalue weighted by Gasteiger charge is 2.03. The van der Waals surface area contributed by atoms with Crippen molar-refractivity contribution in [1.82, 2.24) is 9.97 Å². The lowest BCUT2D eigenvalue weighted by Crippen LogP contribution is -2.01. The Morgan fingerprint density at radius 3 is 2.83 bits per heavy atom. The third kappa shape index (κ3) is 1.40. The molecule has 12 heavy (non-hydrogen) atoms. The first-order chi connectivity index (χ1) is 5.69. The topological polar surface area (TPSA) is 71.8 Å². The van der Waals surface area contributed by atoms with Crippen molar-refractivity contribution in [3.05, 3.63) is 22.6 Å². The first kappa shape index (κ1) is 8.61. The van der Waals surface area contributed by atoms with E-state index in [9.17, 15) is 4.79 Å². The standard InChI is InChI=1S/C7H7N3OS/c1-2-4-5(3-11)9-7(12)10-6(4)8/h2-3H,1H2,(H3,8,9,10,12). The molecule has 0 atom stereocenters. The second kappa shape index (κ2) is 3.27. The quantitative estimate of drug-likeness (QED) is 0.530. The number of hydrogen-bond donors (Lipinski definition) is 2. The van der Waals surface area contributed by atoms with E-state index in [1.165, 1.54) is 6.08 Å². The second-order valence-corrected chi connectivity index (χ2v) is 2.46. The average molecular weight is 181 g/mol. The minimum atomic E-state index is 0.195. The van der Waals surface area contributed by atoms with Crippen LogP contribution < -0.4 is 5.73 Å². The summed E-state index contributed by atoms with van der Waals surface area (Å²) < 4.78 is 0.195. The normalized spacial score (nSPS) is 9.33. The molecule has 0 spiro atoms. The van der Waals surface area contributed by atoms with Gasteiger partial charge in [-0.25, -0.2) is 4.98 Å². The van der Waals surface area contributed by atoms with Gasteiger partial charge in [0.1, 0.15) is 5.82 Å². The number of carbonyl (C=O) groups excluding carboxylic acids is 1. The van der Waals surface area contributed by atoms with Gasteiger partial charge in [-0.1, -0.05) is 12.7 Å². The number of anilines is 1. The summed E-state index contributed by atoms with van der Waals surface area (Å²) in [4.78, 5) is 16.8. The van der Waals surface area contributed by atoms with Crippen molar-refractivity contribution in [3.8, 4) is 0 Å². The van der Waals surface area contributed by atoms with Gasteiger partial charge in [-0.3, -0.25) is 4.79 Å². The molecule has 0 saturated heterocycles. The zero-order chi connectivity index (χ0) is 9.14. The summed E-state index contributed by atoms with van der Waals surface area (Å²) in [6.07, 6.45) is 2.09. The van der Waals surface area contributed by atoms with Crippen LogP contribution in [0.2, 0.25) is 0 Å². The van der Waals surface area contributed by atoms with Gasteiger partial charge < -0.3 is 10.7 Å². The SMILES string of the molecule is C=Cc1c(N)nc(=S)[nH]c1C=O. The van der Waals surface area contributed by atoms with Gasteiger partial charge in [-0.2, -0.15) is 0 Å². The molecular formula is C7H7N3OS. The van der Waals surface area contributed by atoms with Gasteiger partial charge in [0, 0.05) is 5.56 Å². The Morgan fingerprint density at radius 2 is 2.33 bits per heavy atom. The summed E-state index contributed by atoms with van der Waals surface area (Å²) in [7, 11) is 0. The third-order valence-corrected chi connectivity index (χ3v) is 1.55. The lowest BCUT2D eigenvalue weighted by atomic mass is 10.2. The molecule has 0 aliphatic carbocycles. The number of aromatic nitrogens is 2. The Kier molecular flexibility index (Phi) is 2.35. The van der Waals surface area contributed by atoms with Gasteiger partial charge in [0.05, 0.1) is 5.69 Å². The van der Waals surface area contributed by atoms with Crippen molar-refractivity contribution in [3.63, 3.8) is 0 Å². The molecule has 0 aliphatic rings. The average Bonchev–Trinajstić information content (AvgIpc) is 2.03. The number of aromatic amines is 1. The van der Waals surface area contributed by atoms with E-state index in [4.69, 9.17) is 18.0 Å². The molecular weight excluding hydrogens is 174 g/mol. The third-order valence-electron chi connectivity index (χ3n) is 1.35. The zero-order valence-corrected chi connectivity index (χ0v) is 7.02. The van der Waals surface area contributed by atoms with Crippen molar-refractivity contribution >= 4 is 30.4 Å². The number of aldehydes is 1. The van der Waals surface area contributed by atoms with E-state index in [-0.39, 0.29) is 10.6 Å². The first-order valence-electron chi connectivity index (χ1n) is 3.16. The number of hydrogen-bond acceptors (Lipinski definition) is 4. The summed E-state index contributed by atoms with van der Waals surface area (Å²) in [6.45, 7) is 3.50. The predicted octanol–water partition coefficient (Wildman–Crippen LogP) is 1.18. The van der Waals surface area contributed by atoms with Crippen molar-refractivity contribution < 1.29 is 4.79 Å². The lowest BCUT2D eigenvalue weighted by Gasteiger charge is -2.01. The molecule has 62 valence electrons. The molecule has 5 heteroatoms. The van der Waals surface area contributed by atoms with Crippen LogP contribution in [0.25, 0.3) is 6.08 Å². The number of nitrogens with zero attached hydrogens (tertiary/aromatic N) is 1. The number of nitrogens with two attached hydrogens (primary N) is 1. The molecule has 1 aromatic rings. The van der Waals surface area contributed by atoms with Gasteiger partial charge in [-0.15, -0.1) is 0 Å². The molecule has 1 rings (SSSR count). The smallest absolute Gasteiger partial charge is 0.199 e. The molecule has 0 aliphatic heterocycles. The molecule has 0 aromatic carbocycles. The fourth-order valence-electron chi connectivity index (χ4n) is 0.826. The van der Waals surface area contributed by atoms with Gasteiger partial charge >= 0.3 is 0 Å². The summed E-state index contributed by atoms with van der Waals surface area (Å²) in [5, 5.41) is 0. The molecule has 0 bridgehead atoms. The van der Waals surface area contributed by atoms with Crippen LogP contribution in [-0.2, 0) is 0 Å². The van der Waals surface area contributed by atoms with Crippen molar-refractivity contribution in [2.75, 3.05) is 5.73 Å². The van der Waals surface area contributed by atoms with Gasteiger partial charge in [-0.05, 0) is 12.2 Å². The van der Waals surface area contributed by atoms with Crippen LogP contribution in [0.4, 0.5) is 5.82 Å². The van der Waals surface area contributed by atoms with E-state index in [0.717, 1.165) is 0 Å². The molecule has 0 saturated carbocycles. The lowest BCUT2D eigenvalue weighted by molar-refractivity contribution is 0.111. The number of carbonyl (C=O) groups is 1. The van der Waals surface area contributed by atoms with Crippen molar-refractivity contribution in [2.45, 2.75) is 0 Å².